The van der Waals surface area contributed by atoms with Gasteiger partial charge in [0.2, 0.25) is 11.8 Å². The van der Waals surface area contributed by atoms with Crippen molar-refractivity contribution in [3.63, 3.8) is 0 Å². The third-order valence-corrected chi connectivity index (χ3v) is 7.14. The van der Waals surface area contributed by atoms with Gasteiger partial charge < -0.3 is 28.6 Å². The molecule has 3 N–H and O–H groups in total. The fourth-order valence-corrected chi connectivity index (χ4v) is 5.36. The van der Waals surface area contributed by atoms with Crippen LogP contribution >= 0.6 is 11.3 Å². The maximum Gasteiger partial charge on any atom is 0.737 e. The third-order valence-electron chi connectivity index (χ3n) is 6.24. The number of hydrogen-bond acceptors (Lipinski definition) is 3. The summed E-state index contributed by atoms with van der Waals surface area (Å²) >= 11 is 1.41. The molecule has 0 radical (unpaired) electrons. The predicted octanol–water partition coefficient (Wildman–Crippen LogP) is 3.81. The summed E-state index contributed by atoms with van der Waals surface area (Å²) < 4.78 is 33.9. The predicted molar refractivity (Wildman–Crippen MR) is 134 cm³/mol. The summed E-state index contributed by atoms with van der Waals surface area (Å²) in [4.78, 5) is 25.3. The van der Waals surface area contributed by atoms with E-state index in [0.29, 0.717) is 22.8 Å². The van der Waals surface area contributed by atoms with Gasteiger partial charge in [-0.2, -0.15) is 0 Å². The first-order valence-electron chi connectivity index (χ1n) is 11.3. The van der Waals surface area contributed by atoms with Crippen LogP contribution in [0.3, 0.4) is 0 Å². The molecular formula is C25H23BF2N4O2S. The zero-order valence-electron chi connectivity index (χ0n) is 18.7. The van der Waals surface area contributed by atoms with Crippen LogP contribution in [0.2, 0.25) is 0 Å². The Morgan fingerprint density at radius 2 is 1.89 bits per heavy atom. The summed E-state index contributed by atoms with van der Waals surface area (Å²) in [5.74, 6) is -1.07. The first kappa shape index (κ1) is 23.0. The number of hydrogen-bond donors (Lipinski definition) is 2. The van der Waals surface area contributed by atoms with Gasteiger partial charge in [-0.15, -0.1) is 11.3 Å². The Balaban J connectivity index is 1.33. The van der Waals surface area contributed by atoms with Crippen LogP contribution in [-0.4, -0.2) is 39.5 Å². The number of benzene rings is 1. The van der Waals surface area contributed by atoms with Gasteiger partial charge in [0.25, 0.3) is 0 Å². The van der Waals surface area contributed by atoms with E-state index >= 15 is 8.63 Å². The minimum atomic E-state index is -4.15. The fourth-order valence-electron chi connectivity index (χ4n) is 4.61. The van der Waals surface area contributed by atoms with Crippen LogP contribution in [0.15, 0.2) is 77.8 Å². The van der Waals surface area contributed by atoms with Gasteiger partial charge in [0.05, 0.1) is 0 Å². The van der Waals surface area contributed by atoms with E-state index in [1.807, 2.05) is 47.8 Å². The molecule has 0 fully saturated rings. The molecule has 1 aromatic carbocycles. The SMILES string of the molecule is NC(=O)C(Cc1ccccc1)NC(=O)CCC1=[N+]2C(=Cc3ccc(-c4cccs4)n3[B-]2(F)F)C=C1. The molecule has 2 aliphatic heterocycles. The number of fused-ring (bicyclic) bond motifs is 2. The quantitative estimate of drug-likeness (QED) is 0.469. The van der Waals surface area contributed by atoms with Crippen LogP contribution in [0.5, 0.6) is 0 Å². The topological polar surface area (TPSA) is 80.1 Å². The first-order chi connectivity index (χ1) is 16.8. The van der Waals surface area contributed by atoms with E-state index in [9.17, 15) is 9.59 Å². The van der Waals surface area contributed by atoms with Crippen molar-refractivity contribution in [1.29, 1.82) is 0 Å². The van der Waals surface area contributed by atoms with E-state index in [2.05, 4.69) is 5.32 Å². The number of aromatic nitrogens is 1. The molecule has 4 heterocycles. The zero-order valence-corrected chi connectivity index (χ0v) is 19.6. The van der Waals surface area contributed by atoms with Crippen molar-refractivity contribution in [3.05, 3.63) is 89.1 Å². The summed E-state index contributed by atoms with van der Waals surface area (Å²) in [6.07, 6.45) is 5.31. The van der Waals surface area contributed by atoms with E-state index in [-0.39, 0.29) is 19.3 Å². The Labute approximate surface area is 205 Å². The molecule has 2 amide bonds. The summed E-state index contributed by atoms with van der Waals surface area (Å²) in [6.45, 7) is -4.15. The van der Waals surface area contributed by atoms with Crippen LogP contribution in [0.1, 0.15) is 24.1 Å². The molecule has 3 aromatic rings. The van der Waals surface area contributed by atoms with Gasteiger partial charge in [0.1, 0.15) is 11.8 Å². The average molecular weight is 492 g/mol. The van der Waals surface area contributed by atoms with Crippen molar-refractivity contribution in [3.8, 4) is 10.6 Å². The molecule has 0 saturated carbocycles. The monoisotopic (exact) mass is 492 g/mol. The normalized spacial score (nSPS) is 16.5. The smallest absolute Gasteiger partial charge is 0.389 e. The number of carbonyl (C=O) groups is 2. The molecule has 1 atom stereocenters. The van der Waals surface area contributed by atoms with E-state index in [1.165, 1.54) is 11.3 Å². The second-order valence-electron chi connectivity index (χ2n) is 8.56. The number of primary amides is 1. The summed E-state index contributed by atoms with van der Waals surface area (Å²) in [6, 6.07) is 15.4. The molecule has 2 aliphatic rings. The van der Waals surface area contributed by atoms with E-state index in [0.717, 1.165) is 19.4 Å². The van der Waals surface area contributed by atoms with E-state index in [1.54, 1.807) is 30.4 Å². The van der Waals surface area contributed by atoms with Crippen molar-refractivity contribution >= 4 is 41.9 Å². The van der Waals surface area contributed by atoms with Crippen LogP contribution < -0.4 is 11.1 Å². The van der Waals surface area contributed by atoms with Gasteiger partial charge in [-0.05, 0) is 29.1 Å². The van der Waals surface area contributed by atoms with Gasteiger partial charge in [-0.1, -0.05) is 36.4 Å². The maximum atomic E-state index is 15.9. The number of rotatable bonds is 8. The number of nitrogens with two attached hydrogens (primary N) is 1. The number of thiophene rings is 1. The maximum absolute atomic E-state index is 15.9. The highest BCUT2D eigenvalue weighted by atomic mass is 32.1. The molecule has 0 saturated heterocycles. The molecule has 0 bridgehead atoms. The minimum absolute atomic E-state index is 0.0511. The number of nitrogens with zero attached hydrogens (tertiary/aromatic N) is 2. The van der Waals surface area contributed by atoms with Gasteiger partial charge in [-0.25, -0.2) is 0 Å². The molecule has 5 rings (SSSR count). The van der Waals surface area contributed by atoms with Gasteiger partial charge in [0.15, 0.2) is 5.70 Å². The lowest BCUT2D eigenvalue weighted by Gasteiger charge is -2.30. The highest BCUT2D eigenvalue weighted by molar-refractivity contribution is 7.13. The zero-order chi connectivity index (χ0) is 24.6. The fraction of sp³-hybridized carbons (Fsp3) is 0.160. The molecule has 0 spiro atoms. The van der Waals surface area contributed by atoms with E-state index < -0.39 is 24.8 Å². The summed E-state index contributed by atoms with van der Waals surface area (Å²) in [7, 11) is 0. The Morgan fingerprint density at radius 1 is 1.09 bits per heavy atom. The second-order valence-corrected chi connectivity index (χ2v) is 9.50. The van der Waals surface area contributed by atoms with Crippen molar-refractivity contribution in [1.82, 2.24) is 9.79 Å². The Morgan fingerprint density at radius 3 is 2.60 bits per heavy atom. The number of halogens is 2. The highest BCUT2D eigenvalue weighted by Crippen LogP contribution is 2.37. The minimum Gasteiger partial charge on any atom is -0.389 e. The van der Waals surface area contributed by atoms with Crippen LogP contribution in [-0.2, 0) is 16.0 Å². The first-order valence-corrected chi connectivity index (χ1v) is 12.2. The lowest BCUT2D eigenvalue weighted by atomic mass is 9.90. The number of amides is 2. The largest absolute Gasteiger partial charge is 0.737 e. The third kappa shape index (κ3) is 4.37. The average Bonchev–Trinajstić information content (AvgIpc) is 3.58. The molecule has 0 aliphatic carbocycles. The van der Waals surface area contributed by atoms with Crippen LogP contribution in [0.4, 0.5) is 8.63 Å². The molecular weight excluding hydrogens is 469 g/mol. The van der Waals surface area contributed by atoms with Crippen molar-refractivity contribution in [2.45, 2.75) is 25.3 Å². The number of carbonyl (C=O) groups excluding carboxylic acids is 2. The van der Waals surface area contributed by atoms with Crippen molar-refractivity contribution in [2.75, 3.05) is 0 Å². The Kier molecular flexibility index (Phi) is 5.98. The lowest BCUT2D eigenvalue weighted by molar-refractivity contribution is -0.362. The standard InChI is InChI=1S/C25H23BF2N4O2S/c27-26(28)31-18(11-13-24(33)30-21(25(29)34)15-17-5-2-1-3-6-17)8-9-19(31)16-20-10-12-22(32(20)26)23-7-4-14-35-23/h1-10,12,14,16,21H,11,13,15H2,(H2,29,34)(H,30,33). The molecule has 1 unspecified atom stereocenters. The second kappa shape index (κ2) is 9.11. The molecule has 35 heavy (non-hydrogen) atoms. The van der Waals surface area contributed by atoms with E-state index in [4.69, 9.17) is 5.73 Å². The van der Waals surface area contributed by atoms with Gasteiger partial charge in [-0.3, -0.25) is 9.59 Å². The lowest BCUT2D eigenvalue weighted by Crippen LogP contribution is -2.50. The molecule has 2 aromatic heterocycles. The van der Waals surface area contributed by atoms with Crippen molar-refractivity contribution in [2.24, 2.45) is 5.73 Å². The van der Waals surface area contributed by atoms with Crippen LogP contribution in [0, 0.1) is 0 Å². The molecule has 178 valence electrons. The Bertz CT molecular complexity index is 1380. The Hall–Kier alpha value is -3.79. The molecule has 6 nitrogen and oxygen atoms in total. The molecule has 10 heteroatoms. The highest BCUT2D eigenvalue weighted by Gasteiger charge is 2.52. The van der Waals surface area contributed by atoms with Crippen molar-refractivity contribution < 1.29 is 22.7 Å². The number of allylic oxidation sites excluding steroid dienone is 2. The summed E-state index contributed by atoms with van der Waals surface area (Å²) in [5.41, 5.74) is 7.99. The van der Waals surface area contributed by atoms with Crippen LogP contribution in [0.25, 0.3) is 16.6 Å². The number of nitrogens with one attached hydrogen (secondary N) is 1. The van der Waals surface area contributed by atoms with Gasteiger partial charge >= 0.3 is 6.97 Å². The summed E-state index contributed by atoms with van der Waals surface area (Å²) in [5, 5.41) is 4.51. The van der Waals surface area contributed by atoms with Gasteiger partial charge in [0, 0.05) is 53.8 Å².